The first-order valence-electron chi connectivity index (χ1n) is 8.40. The van der Waals surface area contributed by atoms with Gasteiger partial charge in [-0.15, -0.1) is 4.28 Å². The summed E-state index contributed by atoms with van der Waals surface area (Å²) in [6.07, 6.45) is 0.560. The molecule has 3 heterocycles. The quantitative estimate of drug-likeness (QED) is 0.330. The second kappa shape index (κ2) is 7.93. The molecule has 3 aliphatic rings. The minimum atomic E-state index is -4.85. The van der Waals surface area contributed by atoms with Gasteiger partial charge < -0.3 is 9.64 Å². The number of hydrazine groups is 1. The maximum Gasteiger partial charge on any atom is 0.418 e. The third-order valence-electron chi connectivity index (χ3n) is 4.60. The van der Waals surface area contributed by atoms with Crippen molar-refractivity contribution in [1.29, 1.82) is 0 Å². The number of hydroxylamine groups is 2. The van der Waals surface area contributed by atoms with Crippen LogP contribution >= 0.6 is 0 Å². The molecule has 0 unspecified atom stereocenters. The lowest BCUT2D eigenvalue weighted by atomic mass is 10.0. The largest absolute Gasteiger partial charge is 0.418 e. The molecule has 2 bridgehead atoms. The number of carbonyl (C=O) groups is 3. The van der Waals surface area contributed by atoms with Gasteiger partial charge in [0.05, 0.1) is 25.8 Å². The molecule has 4 amide bonds. The molecule has 152 valence electrons. The standard InChI is InChI=1S/C13H21N5O8S/c19-11(8-16-3-5-25-6-4-16)14-15-12(20)10-2-1-9-7-17(10)13(21)18(9)26-27(22,23)24/h9-10H,1-8H2,(H,14,19)(H,15,20)(H,22,23,24)/t9-,10-/m0/s1. The van der Waals surface area contributed by atoms with E-state index >= 15 is 0 Å². The number of nitrogens with one attached hydrogen (secondary N) is 2. The van der Waals surface area contributed by atoms with E-state index in [2.05, 4.69) is 15.1 Å². The SMILES string of the molecule is O=C(CN1CCOCC1)NNC(=O)[C@@H]1CC[C@H]2CN1C(=O)N2OS(=O)(=O)O. The first-order chi connectivity index (χ1) is 12.7. The van der Waals surface area contributed by atoms with Crippen LogP contribution in [-0.2, 0) is 29.0 Å². The van der Waals surface area contributed by atoms with E-state index < -0.39 is 40.3 Å². The van der Waals surface area contributed by atoms with Crippen LogP contribution in [0.2, 0.25) is 0 Å². The van der Waals surface area contributed by atoms with Crippen molar-refractivity contribution in [2.75, 3.05) is 39.4 Å². The van der Waals surface area contributed by atoms with Crippen molar-refractivity contribution in [3.8, 4) is 0 Å². The third kappa shape index (κ3) is 4.84. The molecule has 14 heteroatoms. The number of morpholine rings is 1. The molecule has 13 nitrogen and oxygen atoms in total. The van der Waals surface area contributed by atoms with Gasteiger partial charge in [-0.3, -0.25) is 29.9 Å². The van der Waals surface area contributed by atoms with E-state index in [-0.39, 0.29) is 19.5 Å². The summed E-state index contributed by atoms with van der Waals surface area (Å²) in [6, 6.07) is -2.30. The Labute approximate surface area is 155 Å². The van der Waals surface area contributed by atoms with Gasteiger partial charge in [0.1, 0.15) is 6.04 Å². The summed E-state index contributed by atoms with van der Waals surface area (Å²) in [5.41, 5.74) is 4.60. The molecule has 3 saturated heterocycles. The molecular weight excluding hydrogens is 386 g/mol. The summed E-state index contributed by atoms with van der Waals surface area (Å²) in [4.78, 5) is 39.5. The summed E-state index contributed by atoms with van der Waals surface area (Å²) >= 11 is 0. The first kappa shape index (κ1) is 19.8. The molecule has 2 atom stereocenters. The maximum absolute atomic E-state index is 12.3. The molecule has 3 rings (SSSR count). The van der Waals surface area contributed by atoms with Gasteiger partial charge >= 0.3 is 16.4 Å². The van der Waals surface area contributed by atoms with Crippen LogP contribution in [0.25, 0.3) is 0 Å². The van der Waals surface area contributed by atoms with Crippen LogP contribution in [0.15, 0.2) is 0 Å². The number of urea groups is 1. The molecule has 0 spiro atoms. The number of piperidine rings is 1. The van der Waals surface area contributed by atoms with Crippen molar-refractivity contribution >= 4 is 28.2 Å². The van der Waals surface area contributed by atoms with Crippen LogP contribution < -0.4 is 10.9 Å². The summed E-state index contributed by atoms with van der Waals surface area (Å²) in [5.74, 6) is -0.992. The Balaban J connectivity index is 1.50. The van der Waals surface area contributed by atoms with Crippen LogP contribution in [0.4, 0.5) is 4.79 Å². The van der Waals surface area contributed by atoms with Crippen molar-refractivity contribution in [3.05, 3.63) is 0 Å². The van der Waals surface area contributed by atoms with Crippen molar-refractivity contribution in [3.63, 3.8) is 0 Å². The van der Waals surface area contributed by atoms with E-state index in [0.29, 0.717) is 37.8 Å². The Morgan fingerprint density at radius 3 is 2.59 bits per heavy atom. The summed E-state index contributed by atoms with van der Waals surface area (Å²) in [7, 11) is -4.85. The molecule has 3 N–H and O–H groups in total. The Hall–Kier alpha value is -2.00. The highest BCUT2D eigenvalue weighted by Crippen LogP contribution is 2.30. The van der Waals surface area contributed by atoms with Gasteiger partial charge in [0, 0.05) is 19.6 Å². The van der Waals surface area contributed by atoms with Crippen LogP contribution in [0.1, 0.15) is 12.8 Å². The smallest absolute Gasteiger partial charge is 0.379 e. The highest BCUT2D eigenvalue weighted by Gasteiger charge is 2.49. The fourth-order valence-electron chi connectivity index (χ4n) is 3.32. The maximum atomic E-state index is 12.3. The van der Waals surface area contributed by atoms with E-state index in [1.54, 1.807) is 0 Å². The lowest BCUT2D eigenvalue weighted by molar-refractivity contribution is -0.132. The van der Waals surface area contributed by atoms with Crippen molar-refractivity contribution in [2.24, 2.45) is 0 Å². The molecule has 0 aromatic rings. The average Bonchev–Trinajstić information content (AvgIpc) is 2.84. The Bertz CT molecular complexity index is 709. The molecule has 27 heavy (non-hydrogen) atoms. The van der Waals surface area contributed by atoms with Crippen LogP contribution in [-0.4, -0.2) is 97.2 Å². The van der Waals surface area contributed by atoms with Gasteiger partial charge in [-0.25, -0.2) is 4.79 Å². The minimum Gasteiger partial charge on any atom is -0.379 e. The molecular formula is C13H21N5O8S. The van der Waals surface area contributed by atoms with Gasteiger partial charge in [0.15, 0.2) is 0 Å². The molecule has 0 aromatic carbocycles. The predicted octanol–water partition coefficient (Wildman–Crippen LogP) is -2.53. The molecule has 0 aliphatic carbocycles. The number of rotatable bonds is 5. The number of hydrogen-bond donors (Lipinski definition) is 3. The highest BCUT2D eigenvalue weighted by atomic mass is 32.3. The minimum absolute atomic E-state index is 0.0775. The topological polar surface area (TPSA) is 158 Å². The normalized spacial score (nSPS) is 26.2. The lowest BCUT2D eigenvalue weighted by Gasteiger charge is -2.29. The second-order valence-corrected chi connectivity index (χ2v) is 7.44. The Morgan fingerprint density at radius 1 is 1.22 bits per heavy atom. The number of hydrogen-bond acceptors (Lipinski definition) is 8. The number of nitrogens with zero attached hydrogens (tertiary/aromatic N) is 3. The Kier molecular flexibility index (Phi) is 5.81. The first-order valence-corrected chi connectivity index (χ1v) is 9.77. The van der Waals surface area contributed by atoms with Crippen molar-refractivity contribution in [2.45, 2.75) is 24.9 Å². The van der Waals surface area contributed by atoms with Crippen molar-refractivity contribution in [1.82, 2.24) is 25.7 Å². The summed E-state index contributed by atoms with van der Waals surface area (Å²) in [5, 5.41) is 0.555. The predicted molar refractivity (Wildman–Crippen MR) is 86.9 cm³/mol. The molecule has 3 fully saturated rings. The number of fused-ring (bicyclic) bond motifs is 2. The second-order valence-electron chi connectivity index (χ2n) is 6.44. The van der Waals surface area contributed by atoms with Gasteiger partial charge in [-0.2, -0.15) is 13.5 Å². The van der Waals surface area contributed by atoms with Gasteiger partial charge in [-0.1, -0.05) is 0 Å². The fourth-order valence-corrected chi connectivity index (χ4v) is 3.71. The average molecular weight is 407 g/mol. The fraction of sp³-hybridized carbons (Fsp3) is 0.769. The Morgan fingerprint density at radius 2 is 1.93 bits per heavy atom. The number of ether oxygens (including phenoxy) is 1. The lowest BCUT2D eigenvalue weighted by Crippen LogP contribution is -2.55. The van der Waals surface area contributed by atoms with Crippen LogP contribution in [0.5, 0.6) is 0 Å². The monoisotopic (exact) mass is 407 g/mol. The van der Waals surface area contributed by atoms with Gasteiger partial charge in [0.25, 0.3) is 11.8 Å². The van der Waals surface area contributed by atoms with Gasteiger partial charge in [0.2, 0.25) is 0 Å². The zero-order valence-corrected chi connectivity index (χ0v) is 15.2. The number of amides is 4. The van der Waals surface area contributed by atoms with Crippen molar-refractivity contribution < 1.29 is 36.4 Å². The third-order valence-corrected chi connectivity index (χ3v) is 4.95. The van der Waals surface area contributed by atoms with E-state index in [4.69, 9.17) is 9.29 Å². The van der Waals surface area contributed by atoms with Crippen LogP contribution in [0, 0.1) is 0 Å². The van der Waals surface area contributed by atoms with Crippen LogP contribution in [0.3, 0.4) is 0 Å². The summed E-state index contributed by atoms with van der Waals surface area (Å²) in [6.45, 7) is 2.52. The van der Waals surface area contributed by atoms with E-state index in [9.17, 15) is 22.8 Å². The zero-order valence-electron chi connectivity index (χ0n) is 14.4. The van der Waals surface area contributed by atoms with Gasteiger partial charge in [-0.05, 0) is 12.8 Å². The molecule has 3 aliphatic heterocycles. The molecule has 0 aromatic heterocycles. The zero-order chi connectivity index (χ0) is 19.6. The molecule has 0 radical (unpaired) electrons. The number of carbonyl (C=O) groups excluding carboxylic acids is 3. The van der Waals surface area contributed by atoms with E-state index in [0.717, 1.165) is 4.90 Å². The highest BCUT2D eigenvalue weighted by molar-refractivity contribution is 7.80. The van der Waals surface area contributed by atoms with E-state index in [1.807, 2.05) is 4.90 Å². The summed E-state index contributed by atoms with van der Waals surface area (Å²) < 4.78 is 40.0. The molecule has 0 saturated carbocycles. The van der Waals surface area contributed by atoms with E-state index in [1.165, 1.54) is 0 Å².